The third-order valence-electron chi connectivity index (χ3n) is 5.07. The normalized spacial score (nSPS) is 10.8. The second-order valence-corrected chi connectivity index (χ2v) is 7.05. The van der Waals surface area contributed by atoms with Crippen LogP contribution in [0.4, 0.5) is 0 Å². The van der Waals surface area contributed by atoms with Crippen LogP contribution in [0.1, 0.15) is 15.9 Å². The van der Waals surface area contributed by atoms with Crippen molar-refractivity contribution in [3.63, 3.8) is 0 Å². The molecule has 0 unspecified atom stereocenters. The van der Waals surface area contributed by atoms with E-state index in [2.05, 4.69) is 5.32 Å². The van der Waals surface area contributed by atoms with Gasteiger partial charge in [-0.1, -0.05) is 30.3 Å². The summed E-state index contributed by atoms with van der Waals surface area (Å²) in [6, 6.07) is 18.7. The van der Waals surface area contributed by atoms with Crippen molar-refractivity contribution < 1.29 is 9.53 Å². The molecule has 30 heavy (non-hydrogen) atoms. The van der Waals surface area contributed by atoms with Crippen LogP contribution in [0.3, 0.4) is 0 Å². The largest absolute Gasteiger partial charge is 0.497 e. The lowest BCUT2D eigenvalue weighted by atomic mass is 10.1. The van der Waals surface area contributed by atoms with Crippen molar-refractivity contribution in [1.29, 1.82) is 0 Å². The van der Waals surface area contributed by atoms with Crippen LogP contribution >= 0.6 is 0 Å². The van der Waals surface area contributed by atoms with Crippen LogP contribution in [0, 0.1) is 0 Å². The molecule has 6 nitrogen and oxygen atoms in total. The van der Waals surface area contributed by atoms with Gasteiger partial charge in [-0.05, 0) is 35.9 Å². The van der Waals surface area contributed by atoms with Gasteiger partial charge in [0.15, 0.2) is 0 Å². The highest BCUT2D eigenvalue weighted by Crippen LogP contribution is 2.17. The van der Waals surface area contributed by atoms with Gasteiger partial charge in [0.25, 0.3) is 11.5 Å². The fourth-order valence-corrected chi connectivity index (χ4v) is 3.48. The number of pyridine rings is 1. The first kappa shape index (κ1) is 19.5. The smallest absolute Gasteiger partial charge is 0.258 e. The number of rotatable bonds is 7. The summed E-state index contributed by atoms with van der Waals surface area (Å²) in [7, 11) is 1.62. The van der Waals surface area contributed by atoms with E-state index in [0.717, 1.165) is 11.3 Å². The summed E-state index contributed by atoms with van der Waals surface area (Å²) in [5.41, 5.74) is 1.32. The van der Waals surface area contributed by atoms with Crippen molar-refractivity contribution in [1.82, 2.24) is 14.5 Å². The predicted molar refractivity (Wildman–Crippen MR) is 117 cm³/mol. The summed E-state index contributed by atoms with van der Waals surface area (Å²) in [5.74, 6) is 0.564. The van der Waals surface area contributed by atoms with E-state index < -0.39 is 0 Å². The van der Waals surface area contributed by atoms with E-state index in [0.29, 0.717) is 36.0 Å². The molecule has 2 aromatic carbocycles. The van der Waals surface area contributed by atoms with Crippen LogP contribution in [0.5, 0.6) is 5.75 Å². The molecule has 2 heterocycles. The Bertz CT molecular complexity index is 1210. The van der Waals surface area contributed by atoms with E-state index in [4.69, 9.17) is 4.74 Å². The first-order valence-electron chi connectivity index (χ1n) is 9.80. The van der Waals surface area contributed by atoms with Crippen LogP contribution in [0.2, 0.25) is 0 Å². The summed E-state index contributed by atoms with van der Waals surface area (Å²) in [6.45, 7) is 1.55. The molecular formula is C24H23N3O3. The minimum atomic E-state index is -0.193. The van der Waals surface area contributed by atoms with Crippen LogP contribution < -0.4 is 15.6 Å². The lowest BCUT2D eigenvalue weighted by Gasteiger charge is -2.13. The molecule has 0 aliphatic rings. The standard InChI is InChI=1S/C24H23N3O3/c1-30-19-10-8-18(9-11-19)16-27-17-22(20-6-2-3-7-21(20)24(27)29)23(28)25-12-15-26-13-4-5-14-26/h2-11,13-14,17H,12,15-16H2,1H3,(H,25,28). The SMILES string of the molecule is COc1ccc(Cn2cc(C(=O)NCCn3cccc3)c3ccccc3c2=O)cc1. The highest BCUT2D eigenvalue weighted by atomic mass is 16.5. The van der Waals surface area contributed by atoms with Crippen molar-refractivity contribution in [2.45, 2.75) is 13.1 Å². The predicted octanol–water partition coefficient (Wildman–Crippen LogP) is 3.29. The zero-order valence-electron chi connectivity index (χ0n) is 16.7. The number of nitrogens with zero attached hydrogens (tertiary/aromatic N) is 2. The van der Waals surface area contributed by atoms with E-state index in [1.165, 1.54) is 0 Å². The Balaban J connectivity index is 1.63. The number of methoxy groups -OCH3 is 1. The van der Waals surface area contributed by atoms with Gasteiger partial charge in [0.1, 0.15) is 5.75 Å². The molecule has 0 bridgehead atoms. The Hall–Kier alpha value is -3.80. The molecule has 1 amide bonds. The second-order valence-electron chi connectivity index (χ2n) is 7.05. The topological polar surface area (TPSA) is 65.3 Å². The summed E-state index contributed by atoms with van der Waals surface area (Å²) in [5, 5.41) is 4.15. The minimum Gasteiger partial charge on any atom is -0.497 e. The van der Waals surface area contributed by atoms with Gasteiger partial charge >= 0.3 is 0 Å². The molecule has 4 aromatic rings. The number of hydrogen-bond donors (Lipinski definition) is 1. The maximum absolute atomic E-state index is 13.0. The number of benzene rings is 2. The van der Waals surface area contributed by atoms with Gasteiger partial charge in [-0.15, -0.1) is 0 Å². The molecule has 0 fully saturated rings. The lowest BCUT2D eigenvalue weighted by Crippen LogP contribution is -2.30. The molecule has 0 saturated carbocycles. The first-order chi connectivity index (χ1) is 14.7. The Labute approximate surface area is 174 Å². The summed E-state index contributed by atoms with van der Waals surface area (Å²) < 4.78 is 8.78. The Morgan fingerprint density at radius 2 is 1.67 bits per heavy atom. The maximum atomic E-state index is 13.0. The number of fused-ring (bicyclic) bond motifs is 1. The lowest BCUT2D eigenvalue weighted by molar-refractivity contribution is 0.0953. The average Bonchev–Trinajstić information content (AvgIpc) is 3.30. The van der Waals surface area contributed by atoms with Crippen LogP contribution in [0.25, 0.3) is 10.8 Å². The van der Waals surface area contributed by atoms with Crippen molar-refractivity contribution in [3.8, 4) is 5.75 Å². The van der Waals surface area contributed by atoms with Gasteiger partial charge in [-0.3, -0.25) is 9.59 Å². The third kappa shape index (κ3) is 4.12. The zero-order valence-corrected chi connectivity index (χ0v) is 16.7. The number of amides is 1. The van der Waals surface area contributed by atoms with Crippen LogP contribution in [-0.4, -0.2) is 28.7 Å². The monoisotopic (exact) mass is 401 g/mol. The van der Waals surface area contributed by atoms with E-state index in [1.807, 2.05) is 71.6 Å². The van der Waals surface area contributed by atoms with E-state index in [9.17, 15) is 9.59 Å². The van der Waals surface area contributed by atoms with Crippen molar-refractivity contribution in [3.05, 3.63) is 101 Å². The zero-order chi connectivity index (χ0) is 20.9. The summed E-state index contributed by atoms with van der Waals surface area (Å²) in [4.78, 5) is 25.9. The fraction of sp³-hybridized carbons (Fsp3) is 0.167. The maximum Gasteiger partial charge on any atom is 0.258 e. The van der Waals surface area contributed by atoms with Gasteiger partial charge in [0.2, 0.25) is 0 Å². The molecule has 0 saturated heterocycles. The molecule has 1 N–H and O–H groups in total. The summed E-state index contributed by atoms with van der Waals surface area (Å²) >= 11 is 0. The van der Waals surface area contributed by atoms with Gasteiger partial charge in [-0.25, -0.2) is 0 Å². The van der Waals surface area contributed by atoms with E-state index >= 15 is 0 Å². The van der Waals surface area contributed by atoms with Crippen LogP contribution in [-0.2, 0) is 13.1 Å². The fourth-order valence-electron chi connectivity index (χ4n) is 3.48. The molecule has 2 aromatic heterocycles. The molecule has 0 aliphatic heterocycles. The van der Waals surface area contributed by atoms with Gasteiger partial charge < -0.3 is 19.2 Å². The van der Waals surface area contributed by atoms with Crippen molar-refractivity contribution in [2.75, 3.05) is 13.7 Å². The molecule has 152 valence electrons. The third-order valence-corrected chi connectivity index (χ3v) is 5.07. The number of carbonyl (C=O) groups is 1. The molecule has 4 rings (SSSR count). The van der Waals surface area contributed by atoms with Gasteiger partial charge in [0.05, 0.1) is 19.2 Å². The Morgan fingerprint density at radius 3 is 2.37 bits per heavy atom. The van der Waals surface area contributed by atoms with Gasteiger partial charge in [0, 0.05) is 42.5 Å². The molecule has 0 radical (unpaired) electrons. The minimum absolute atomic E-state index is 0.120. The Morgan fingerprint density at radius 1 is 0.967 bits per heavy atom. The Kier molecular flexibility index (Phi) is 5.66. The second kappa shape index (κ2) is 8.69. The number of nitrogens with one attached hydrogen (secondary N) is 1. The number of hydrogen-bond acceptors (Lipinski definition) is 3. The van der Waals surface area contributed by atoms with E-state index in [1.54, 1.807) is 23.9 Å². The summed E-state index contributed by atoms with van der Waals surface area (Å²) in [6.07, 6.45) is 5.56. The molecule has 0 aliphatic carbocycles. The van der Waals surface area contributed by atoms with E-state index in [-0.39, 0.29) is 11.5 Å². The van der Waals surface area contributed by atoms with Crippen molar-refractivity contribution in [2.24, 2.45) is 0 Å². The molecular weight excluding hydrogens is 378 g/mol. The van der Waals surface area contributed by atoms with Gasteiger partial charge in [-0.2, -0.15) is 0 Å². The average molecular weight is 401 g/mol. The first-order valence-corrected chi connectivity index (χ1v) is 9.80. The number of carbonyl (C=O) groups excluding carboxylic acids is 1. The van der Waals surface area contributed by atoms with Crippen LogP contribution in [0.15, 0.2) is 84.0 Å². The molecule has 6 heteroatoms. The molecule has 0 spiro atoms. The van der Waals surface area contributed by atoms with Crippen molar-refractivity contribution >= 4 is 16.7 Å². The highest BCUT2D eigenvalue weighted by Gasteiger charge is 2.14. The number of ether oxygens (including phenoxy) is 1. The molecule has 0 atom stereocenters. The quantitative estimate of drug-likeness (QED) is 0.517. The highest BCUT2D eigenvalue weighted by molar-refractivity contribution is 6.06. The number of aromatic nitrogens is 2.